The number of esters is 1. The van der Waals surface area contributed by atoms with Crippen LogP contribution in [-0.4, -0.2) is 33.1 Å². The van der Waals surface area contributed by atoms with Crippen LogP contribution < -0.4 is 10.1 Å². The summed E-state index contributed by atoms with van der Waals surface area (Å²) in [5.74, 6) is 1.97. The summed E-state index contributed by atoms with van der Waals surface area (Å²) >= 11 is 1.61. The minimum Gasteiger partial charge on any atom is -0.489 e. The lowest BCUT2D eigenvalue weighted by molar-refractivity contribution is -0.139. The first-order chi connectivity index (χ1) is 18.2. The number of hydrogen-bond donors (Lipinski definition) is 1. The number of fused-ring (bicyclic) bond motifs is 1. The molecular formula is C30H38N4O3S. The van der Waals surface area contributed by atoms with E-state index in [-0.39, 0.29) is 11.4 Å². The van der Waals surface area contributed by atoms with Gasteiger partial charge >= 0.3 is 5.97 Å². The Labute approximate surface area is 230 Å². The van der Waals surface area contributed by atoms with Gasteiger partial charge in [0, 0.05) is 11.4 Å². The summed E-state index contributed by atoms with van der Waals surface area (Å²) in [4.78, 5) is 17.8. The topological polar surface area (TPSA) is 78.3 Å². The monoisotopic (exact) mass is 534 g/mol. The number of thioether (sulfide) groups is 1. The smallest absolute Gasteiger partial charge is 0.338 e. The summed E-state index contributed by atoms with van der Waals surface area (Å²) < 4.78 is 13.4. The van der Waals surface area contributed by atoms with E-state index in [0.717, 1.165) is 41.2 Å². The van der Waals surface area contributed by atoms with Crippen LogP contribution in [0.4, 0.5) is 5.95 Å². The lowest BCUT2D eigenvalue weighted by Crippen LogP contribution is -2.29. The molecule has 1 aliphatic heterocycles. The van der Waals surface area contributed by atoms with Crippen LogP contribution in [0, 0.1) is 0 Å². The molecule has 2 heterocycles. The molecule has 3 aromatic rings. The normalized spacial score (nSPS) is 15.2. The lowest BCUT2D eigenvalue weighted by atomic mass is 9.87. The van der Waals surface area contributed by atoms with Crippen molar-refractivity contribution in [3.63, 3.8) is 0 Å². The maximum Gasteiger partial charge on any atom is 0.338 e. The van der Waals surface area contributed by atoms with E-state index in [0.29, 0.717) is 29.9 Å². The van der Waals surface area contributed by atoms with Crippen molar-refractivity contribution in [3.05, 3.63) is 76.5 Å². The molecule has 0 spiro atoms. The number of rotatable bonds is 10. The molecule has 0 fully saturated rings. The summed E-state index contributed by atoms with van der Waals surface area (Å²) in [7, 11) is 0. The van der Waals surface area contributed by atoms with E-state index in [1.165, 1.54) is 5.56 Å². The molecule has 1 aromatic heterocycles. The predicted molar refractivity (Wildman–Crippen MR) is 153 cm³/mol. The molecule has 1 atom stereocenters. The molecule has 1 aliphatic rings. The Kier molecular flexibility index (Phi) is 8.82. The van der Waals surface area contributed by atoms with Gasteiger partial charge in [-0.2, -0.15) is 4.98 Å². The number of anilines is 1. The highest BCUT2D eigenvalue weighted by molar-refractivity contribution is 7.99. The maximum atomic E-state index is 13.1. The lowest BCUT2D eigenvalue weighted by Gasteiger charge is -2.28. The van der Waals surface area contributed by atoms with Gasteiger partial charge in [-0.1, -0.05) is 82.8 Å². The molecule has 1 unspecified atom stereocenters. The van der Waals surface area contributed by atoms with E-state index in [9.17, 15) is 4.79 Å². The first-order valence-corrected chi connectivity index (χ1v) is 14.3. The van der Waals surface area contributed by atoms with E-state index >= 15 is 0 Å². The third-order valence-electron chi connectivity index (χ3n) is 6.35. The minimum absolute atomic E-state index is 0.123. The Morgan fingerprint density at radius 2 is 1.76 bits per heavy atom. The number of nitrogens with zero attached hydrogens (tertiary/aromatic N) is 3. The standard InChI is InChI=1S/C30H38N4O3S/c1-7-17-36-27(35)25-20(3)31-28-32-29(38-18-8-2)33-34(28)26(25)22-11-15-24(16-12-22)37-19-21-9-13-23(14-10-21)30(4,5)6/h9-16,26H,7-8,17-19H2,1-6H3,(H,31,32,33). The van der Waals surface area contributed by atoms with Gasteiger partial charge in [0.05, 0.1) is 12.2 Å². The van der Waals surface area contributed by atoms with E-state index in [2.05, 4.69) is 62.3 Å². The van der Waals surface area contributed by atoms with Crippen molar-refractivity contribution in [1.29, 1.82) is 0 Å². The molecule has 38 heavy (non-hydrogen) atoms. The third-order valence-corrected chi connectivity index (χ3v) is 7.39. The minimum atomic E-state index is -0.446. The van der Waals surface area contributed by atoms with Crippen LogP contribution in [0.15, 0.2) is 65.0 Å². The molecule has 8 heteroatoms. The zero-order valence-electron chi connectivity index (χ0n) is 23.2. The number of carbonyl (C=O) groups excluding carboxylic acids is 1. The molecule has 0 radical (unpaired) electrons. The highest BCUT2D eigenvalue weighted by atomic mass is 32.2. The van der Waals surface area contributed by atoms with Crippen molar-refractivity contribution in [3.8, 4) is 5.75 Å². The van der Waals surface area contributed by atoms with Crippen LogP contribution >= 0.6 is 11.8 Å². The number of carbonyl (C=O) groups is 1. The van der Waals surface area contributed by atoms with Crippen molar-refractivity contribution >= 4 is 23.7 Å². The van der Waals surface area contributed by atoms with E-state index < -0.39 is 6.04 Å². The first-order valence-electron chi connectivity index (χ1n) is 13.3. The Balaban J connectivity index is 1.57. The number of allylic oxidation sites excluding steroid dienone is 1. The fraction of sp³-hybridized carbons (Fsp3) is 0.433. The zero-order valence-corrected chi connectivity index (χ0v) is 24.0. The molecule has 0 amide bonds. The average molecular weight is 535 g/mol. The first kappa shape index (κ1) is 27.8. The van der Waals surface area contributed by atoms with Gasteiger partial charge < -0.3 is 14.8 Å². The fourth-order valence-electron chi connectivity index (χ4n) is 4.24. The maximum absolute atomic E-state index is 13.1. The summed E-state index contributed by atoms with van der Waals surface area (Å²) in [5.41, 5.74) is 4.71. The quantitative estimate of drug-likeness (QED) is 0.224. The zero-order chi connectivity index (χ0) is 27.3. The Bertz CT molecular complexity index is 1270. The third kappa shape index (κ3) is 6.41. The number of nitrogens with one attached hydrogen (secondary N) is 1. The van der Waals surface area contributed by atoms with Crippen LogP contribution in [0.25, 0.3) is 0 Å². The average Bonchev–Trinajstić information content (AvgIpc) is 3.31. The summed E-state index contributed by atoms with van der Waals surface area (Å²) in [6, 6.07) is 16.0. The largest absolute Gasteiger partial charge is 0.489 e. The highest BCUT2D eigenvalue weighted by Crippen LogP contribution is 2.37. The van der Waals surface area contributed by atoms with Crippen molar-refractivity contribution in [2.24, 2.45) is 0 Å². The molecule has 0 aliphatic carbocycles. The van der Waals surface area contributed by atoms with Crippen molar-refractivity contribution < 1.29 is 14.3 Å². The molecule has 0 saturated carbocycles. The number of hydrogen-bond acceptors (Lipinski definition) is 7. The van der Waals surface area contributed by atoms with Gasteiger partial charge in [-0.15, -0.1) is 5.10 Å². The van der Waals surface area contributed by atoms with Crippen molar-refractivity contribution in [1.82, 2.24) is 14.8 Å². The van der Waals surface area contributed by atoms with Gasteiger partial charge in [-0.3, -0.25) is 0 Å². The summed E-state index contributed by atoms with van der Waals surface area (Å²) in [6.07, 6.45) is 1.78. The Hall–Kier alpha value is -3.26. The second-order valence-corrected chi connectivity index (χ2v) is 11.6. The molecular weight excluding hydrogens is 496 g/mol. The number of ether oxygens (including phenoxy) is 2. The van der Waals surface area contributed by atoms with Gasteiger partial charge in [-0.25, -0.2) is 9.48 Å². The SMILES string of the molecule is CCCOC(=O)C1=C(C)Nc2nc(SCCC)nn2C1c1ccc(OCc2ccc(C(C)(C)C)cc2)cc1. The molecule has 202 valence electrons. The highest BCUT2D eigenvalue weighted by Gasteiger charge is 2.35. The fourth-order valence-corrected chi connectivity index (χ4v) is 4.93. The molecule has 7 nitrogen and oxygen atoms in total. The van der Waals surface area contributed by atoms with Crippen LogP contribution in [0.5, 0.6) is 5.75 Å². The van der Waals surface area contributed by atoms with Crippen molar-refractivity contribution in [2.75, 3.05) is 17.7 Å². The summed E-state index contributed by atoms with van der Waals surface area (Å²) in [6.45, 7) is 13.5. The van der Waals surface area contributed by atoms with Gasteiger partial charge in [0.2, 0.25) is 11.1 Å². The van der Waals surface area contributed by atoms with Crippen LogP contribution in [0.2, 0.25) is 0 Å². The Morgan fingerprint density at radius 3 is 2.39 bits per heavy atom. The molecule has 2 aromatic carbocycles. The molecule has 0 bridgehead atoms. The van der Waals surface area contributed by atoms with Gasteiger partial charge in [-0.05, 0) is 54.0 Å². The second-order valence-electron chi connectivity index (χ2n) is 10.5. The van der Waals surface area contributed by atoms with Gasteiger partial charge in [0.25, 0.3) is 0 Å². The van der Waals surface area contributed by atoms with E-state index in [4.69, 9.17) is 14.6 Å². The number of aromatic nitrogens is 3. The van der Waals surface area contributed by atoms with E-state index in [1.54, 1.807) is 16.4 Å². The van der Waals surface area contributed by atoms with Crippen LogP contribution in [0.3, 0.4) is 0 Å². The predicted octanol–water partition coefficient (Wildman–Crippen LogP) is 6.90. The Morgan fingerprint density at radius 1 is 1.05 bits per heavy atom. The number of benzene rings is 2. The molecule has 1 N–H and O–H groups in total. The van der Waals surface area contributed by atoms with Crippen LogP contribution in [0.1, 0.15) is 77.1 Å². The van der Waals surface area contributed by atoms with Crippen LogP contribution in [-0.2, 0) is 21.6 Å². The molecule has 0 saturated heterocycles. The van der Waals surface area contributed by atoms with Gasteiger partial charge in [0.15, 0.2) is 0 Å². The second kappa shape index (κ2) is 12.1. The summed E-state index contributed by atoms with van der Waals surface area (Å²) in [5, 5.41) is 8.69. The molecule has 4 rings (SSSR count). The van der Waals surface area contributed by atoms with Crippen molar-refractivity contribution in [2.45, 2.75) is 77.6 Å². The van der Waals surface area contributed by atoms with E-state index in [1.807, 2.05) is 38.1 Å². The van der Waals surface area contributed by atoms with Gasteiger partial charge in [0.1, 0.15) is 18.4 Å².